The lowest BCUT2D eigenvalue weighted by atomic mass is 9.59. The number of carbonyl (C=O) groups is 5. The van der Waals surface area contributed by atoms with Crippen LogP contribution in [0.25, 0.3) is 0 Å². The molecule has 1 saturated carbocycles. The van der Waals surface area contributed by atoms with Crippen LogP contribution in [-0.2, 0) is 23.9 Å². The van der Waals surface area contributed by atoms with Crippen LogP contribution in [0.2, 0.25) is 0 Å². The number of hydrogen-bond acceptors (Lipinski definition) is 6. The van der Waals surface area contributed by atoms with Crippen molar-refractivity contribution in [3.8, 4) is 0 Å². The molecule has 4 amide bonds. The number of amides is 4. The van der Waals surface area contributed by atoms with Crippen molar-refractivity contribution in [2.75, 3.05) is 16.8 Å². The van der Waals surface area contributed by atoms with Gasteiger partial charge in [0.1, 0.15) is 0 Å². The highest BCUT2D eigenvalue weighted by atomic mass is 16.6. The van der Waals surface area contributed by atoms with Crippen LogP contribution in [0.15, 0.2) is 36.4 Å². The lowest BCUT2D eigenvalue weighted by Gasteiger charge is -2.47. The summed E-state index contributed by atoms with van der Waals surface area (Å²) in [5.41, 5.74) is -0.206. The zero-order chi connectivity index (χ0) is 22.3. The molecule has 1 aliphatic heterocycles. The third-order valence-corrected chi connectivity index (χ3v) is 6.01. The monoisotopic (exact) mass is 427 g/mol. The second kappa shape index (κ2) is 7.53. The van der Waals surface area contributed by atoms with Crippen LogP contribution in [-0.4, -0.2) is 47.0 Å². The number of fused-ring (bicyclic) bond motifs is 1. The maximum Gasteiger partial charge on any atom is 0.408 e. The minimum absolute atomic E-state index is 0.121. The molecular weight excluding hydrogens is 406 g/mol. The molecule has 1 heterocycles. The fourth-order valence-electron chi connectivity index (χ4n) is 4.79. The van der Waals surface area contributed by atoms with Crippen LogP contribution < -0.4 is 15.5 Å². The molecule has 3 N–H and O–H groups in total. The Morgan fingerprint density at radius 1 is 1.19 bits per heavy atom. The van der Waals surface area contributed by atoms with E-state index in [9.17, 15) is 24.0 Å². The zero-order valence-electron chi connectivity index (χ0n) is 16.7. The Balaban J connectivity index is 1.60. The first kappa shape index (κ1) is 20.6. The molecule has 5 rings (SSSR count). The second-order valence-corrected chi connectivity index (χ2v) is 7.94. The largest absolute Gasteiger partial charge is 0.479 e. The van der Waals surface area contributed by atoms with E-state index in [2.05, 4.69) is 15.4 Å². The Labute approximate surface area is 177 Å². The van der Waals surface area contributed by atoms with E-state index in [-0.39, 0.29) is 17.7 Å². The Morgan fingerprint density at radius 2 is 1.90 bits per heavy atom. The van der Waals surface area contributed by atoms with Crippen molar-refractivity contribution < 1.29 is 33.8 Å². The van der Waals surface area contributed by atoms with Gasteiger partial charge in [-0.2, -0.15) is 0 Å². The third kappa shape index (κ3) is 3.54. The number of carboxylic acids is 1. The van der Waals surface area contributed by atoms with Crippen LogP contribution in [0.3, 0.4) is 0 Å². The summed E-state index contributed by atoms with van der Waals surface area (Å²) in [5.74, 6) is -3.87. The first-order valence-corrected chi connectivity index (χ1v) is 9.83. The lowest BCUT2D eigenvalue weighted by Crippen LogP contribution is -2.61. The van der Waals surface area contributed by atoms with Crippen molar-refractivity contribution in [3.05, 3.63) is 36.4 Å². The Hall–Kier alpha value is -3.69. The Kier molecular flexibility index (Phi) is 5.00. The number of rotatable bonds is 5. The smallest absolute Gasteiger partial charge is 0.408 e. The van der Waals surface area contributed by atoms with Gasteiger partial charge in [-0.3, -0.25) is 14.4 Å². The van der Waals surface area contributed by atoms with Gasteiger partial charge < -0.3 is 20.5 Å². The molecule has 10 nitrogen and oxygen atoms in total. The molecule has 0 unspecified atom stereocenters. The van der Waals surface area contributed by atoms with Gasteiger partial charge in [0, 0.05) is 12.6 Å². The number of benzene rings is 1. The average molecular weight is 427 g/mol. The van der Waals surface area contributed by atoms with Crippen molar-refractivity contribution in [2.45, 2.75) is 25.3 Å². The quantitative estimate of drug-likeness (QED) is 0.475. The number of carboxylic acid groups (broad SMARTS) is 1. The number of ether oxygens (including phenoxy) is 1. The molecule has 4 aliphatic rings. The average Bonchev–Trinajstić information content (AvgIpc) is 3.00. The standard InChI is InChI=1S/C21H21N3O7/c1-11(25)22-13-2-4-14(5-3-13)24-18(28)16-12-6-8-21(9-7-12,17(16)19(24)29)23-20(30)31-10-15(26)27/h2-6,8,12,16-17H,7,9-10H2,1H3,(H,22,25)(H,23,30)(H,26,27)/t12-,16-,17+,21-/m0/s1. The van der Waals surface area contributed by atoms with Gasteiger partial charge in [0.2, 0.25) is 17.7 Å². The minimum atomic E-state index is -1.30. The number of hydrogen-bond donors (Lipinski definition) is 3. The van der Waals surface area contributed by atoms with Crippen molar-refractivity contribution in [2.24, 2.45) is 17.8 Å². The summed E-state index contributed by atoms with van der Waals surface area (Å²) in [7, 11) is 0. The Bertz CT molecular complexity index is 1000. The van der Waals surface area contributed by atoms with E-state index >= 15 is 0 Å². The molecule has 1 saturated heterocycles. The van der Waals surface area contributed by atoms with Gasteiger partial charge in [-0.05, 0) is 43.0 Å². The normalized spacial score (nSPS) is 28.3. The molecule has 0 aromatic heterocycles. The molecule has 10 heteroatoms. The molecule has 0 spiro atoms. The van der Waals surface area contributed by atoms with Crippen LogP contribution in [0, 0.1) is 17.8 Å². The summed E-state index contributed by atoms with van der Waals surface area (Å²) in [6, 6.07) is 6.36. The Morgan fingerprint density at radius 3 is 2.48 bits per heavy atom. The molecule has 2 bridgehead atoms. The molecule has 31 heavy (non-hydrogen) atoms. The molecule has 1 aromatic rings. The van der Waals surface area contributed by atoms with Crippen molar-refractivity contribution in [1.82, 2.24) is 5.32 Å². The summed E-state index contributed by atoms with van der Waals surface area (Å²) in [6.45, 7) is 0.574. The molecule has 3 aliphatic carbocycles. The van der Waals surface area contributed by atoms with E-state index in [4.69, 9.17) is 5.11 Å². The molecular formula is C21H21N3O7. The number of aliphatic carboxylic acids is 1. The van der Waals surface area contributed by atoms with Crippen molar-refractivity contribution in [1.29, 1.82) is 0 Å². The predicted molar refractivity (Wildman–Crippen MR) is 107 cm³/mol. The lowest BCUT2D eigenvalue weighted by molar-refractivity contribution is -0.140. The highest BCUT2D eigenvalue weighted by Crippen LogP contribution is 2.52. The third-order valence-electron chi connectivity index (χ3n) is 6.01. The molecule has 2 fully saturated rings. The van der Waals surface area contributed by atoms with Gasteiger partial charge in [0.25, 0.3) is 0 Å². The van der Waals surface area contributed by atoms with Crippen LogP contribution in [0.1, 0.15) is 19.8 Å². The summed E-state index contributed by atoms with van der Waals surface area (Å²) in [4.78, 5) is 61.8. The number of alkyl carbamates (subject to hydrolysis) is 1. The molecule has 1 aromatic carbocycles. The topological polar surface area (TPSA) is 142 Å². The van der Waals surface area contributed by atoms with Gasteiger partial charge in [0.05, 0.1) is 23.1 Å². The minimum Gasteiger partial charge on any atom is -0.479 e. The maximum absolute atomic E-state index is 13.4. The zero-order valence-corrected chi connectivity index (χ0v) is 16.7. The van der Waals surface area contributed by atoms with E-state index in [1.54, 1.807) is 30.3 Å². The number of nitrogens with one attached hydrogen (secondary N) is 2. The van der Waals surface area contributed by atoms with Gasteiger partial charge in [-0.1, -0.05) is 12.2 Å². The summed E-state index contributed by atoms with van der Waals surface area (Å²) in [6.07, 6.45) is 3.64. The van der Waals surface area contributed by atoms with E-state index in [1.165, 1.54) is 6.92 Å². The molecule has 0 radical (unpaired) electrons. The first-order valence-electron chi connectivity index (χ1n) is 9.83. The fraction of sp³-hybridized carbons (Fsp3) is 0.381. The van der Waals surface area contributed by atoms with E-state index in [1.807, 2.05) is 6.08 Å². The summed E-state index contributed by atoms with van der Waals surface area (Å²) < 4.78 is 4.69. The van der Waals surface area contributed by atoms with Gasteiger partial charge in [-0.25, -0.2) is 14.5 Å². The van der Waals surface area contributed by atoms with Gasteiger partial charge in [0.15, 0.2) is 6.61 Å². The van der Waals surface area contributed by atoms with E-state index in [0.29, 0.717) is 24.2 Å². The maximum atomic E-state index is 13.4. The fourth-order valence-corrected chi connectivity index (χ4v) is 4.79. The van der Waals surface area contributed by atoms with Crippen LogP contribution in [0.5, 0.6) is 0 Å². The van der Waals surface area contributed by atoms with Crippen LogP contribution in [0.4, 0.5) is 16.2 Å². The number of nitrogens with zero attached hydrogens (tertiary/aromatic N) is 1. The van der Waals surface area contributed by atoms with Crippen LogP contribution >= 0.6 is 0 Å². The predicted octanol–water partition coefficient (Wildman–Crippen LogP) is 1.28. The molecule has 4 atom stereocenters. The molecule has 162 valence electrons. The number of imide groups is 1. The summed E-state index contributed by atoms with van der Waals surface area (Å²) in [5, 5.41) is 14.0. The number of carbonyl (C=O) groups excluding carboxylic acids is 4. The number of allylic oxidation sites excluding steroid dienone is 1. The van der Waals surface area contributed by atoms with Gasteiger partial charge >= 0.3 is 12.1 Å². The van der Waals surface area contributed by atoms with Gasteiger partial charge in [-0.15, -0.1) is 0 Å². The highest BCUT2D eigenvalue weighted by Gasteiger charge is 2.63. The van der Waals surface area contributed by atoms with E-state index < -0.39 is 42.0 Å². The SMILES string of the molecule is CC(=O)Nc1ccc(N2C(=O)[C@H]3[C@H]4C=C[C@](NC(=O)OCC(=O)O)(CC4)[C@H]3C2=O)cc1. The first-order chi connectivity index (χ1) is 14.7. The van der Waals surface area contributed by atoms with E-state index in [0.717, 1.165) is 4.90 Å². The number of anilines is 2. The summed E-state index contributed by atoms with van der Waals surface area (Å²) >= 11 is 0. The van der Waals surface area contributed by atoms with Crippen molar-refractivity contribution >= 4 is 41.2 Å². The second-order valence-electron chi connectivity index (χ2n) is 7.94. The van der Waals surface area contributed by atoms with Crippen molar-refractivity contribution in [3.63, 3.8) is 0 Å². The highest BCUT2D eigenvalue weighted by molar-refractivity contribution is 6.23.